The highest BCUT2D eigenvalue weighted by atomic mass is 19.4. The molecular weight excluding hydrogens is 347 g/mol. The zero-order valence-corrected chi connectivity index (χ0v) is 14.5. The Balaban J connectivity index is 2.27. The molecule has 26 heavy (non-hydrogen) atoms. The van der Waals surface area contributed by atoms with Gasteiger partial charge in [0.2, 0.25) is 0 Å². The second-order valence-corrected chi connectivity index (χ2v) is 5.90. The zero-order valence-electron chi connectivity index (χ0n) is 14.5. The number of halogens is 3. The van der Waals surface area contributed by atoms with Gasteiger partial charge in [-0.25, -0.2) is 0 Å². The summed E-state index contributed by atoms with van der Waals surface area (Å²) in [7, 11) is 0. The van der Waals surface area contributed by atoms with Gasteiger partial charge in [0.25, 0.3) is 5.91 Å². The summed E-state index contributed by atoms with van der Waals surface area (Å²) in [4.78, 5) is 23.1. The Bertz CT molecular complexity index is 844. The lowest BCUT2D eigenvalue weighted by molar-refractivity contribution is -0.145. The summed E-state index contributed by atoms with van der Waals surface area (Å²) >= 11 is 0. The average molecular weight is 365 g/mol. The van der Waals surface area contributed by atoms with Gasteiger partial charge in [-0.15, -0.1) is 0 Å². The van der Waals surface area contributed by atoms with Gasteiger partial charge in [-0.1, -0.05) is 12.1 Å². The van der Waals surface area contributed by atoms with E-state index in [2.05, 4.69) is 10.1 Å². The number of carbonyl (C=O) groups excluding carboxylic acids is 2. The lowest BCUT2D eigenvalue weighted by Crippen LogP contribution is -2.15. The fourth-order valence-corrected chi connectivity index (χ4v) is 2.31. The molecule has 0 radical (unpaired) electrons. The van der Waals surface area contributed by atoms with Crippen molar-refractivity contribution in [1.82, 2.24) is 0 Å². The van der Waals surface area contributed by atoms with Crippen LogP contribution in [0, 0.1) is 13.8 Å². The fourth-order valence-electron chi connectivity index (χ4n) is 2.31. The Morgan fingerprint density at radius 3 is 2.31 bits per heavy atom. The van der Waals surface area contributed by atoms with Crippen LogP contribution in [0.4, 0.5) is 18.9 Å². The summed E-state index contributed by atoms with van der Waals surface area (Å²) in [5, 5.41) is 2.46. The summed E-state index contributed by atoms with van der Waals surface area (Å²) in [6.07, 6.45) is -4.64. The van der Waals surface area contributed by atoms with Crippen molar-refractivity contribution in [2.75, 3.05) is 5.32 Å². The van der Waals surface area contributed by atoms with Crippen LogP contribution in [0.15, 0.2) is 36.4 Å². The number of aryl methyl sites for hydroxylation is 2. The minimum Gasteiger partial charge on any atom is -0.461 e. The van der Waals surface area contributed by atoms with Crippen molar-refractivity contribution >= 4 is 17.6 Å². The van der Waals surface area contributed by atoms with Gasteiger partial charge in [-0.3, -0.25) is 9.59 Å². The van der Waals surface area contributed by atoms with E-state index in [0.29, 0.717) is 5.56 Å². The van der Waals surface area contributed by atoms with Crippen molar-refractivity contribution in [3.05, 3.63) is 64.2 Å². The normalized spacial score (nSPS) is 11.2. The standard InChI is InChI=1S/C19H18F3NO3/c1-11-4-5-14(8-12(11)2)18(25)23-16-7-6-15(10-26-13(3)24)17(9-16)19(20,21)22/h4-9H,10H2,1-3H3,(H,23,25). The first-order chi connectivity index (χ1) is 12.1. The molecule has 0 aromatic heterocycles. The molecule has 0 atom stereocenters. The fraction of sp³-hybridized carbons (Fsp3) is 0.263. The van der Waals surface area contributed by atoms with E-state index in [0.717, 1.165) is 24.1 Å². The number of amides is 1. The van der Waals surface area contributed by atoms with Crippen molar-refractivity contribution in [1.29, 1.82) is 0 Å². The van der Waals surface area contributed by atoms with Crippen molar-refractivity contribution in [3.63, 3.8) is 0 Å². The number of hydrogen-bond acceptors (Lipinski definition) is 3. The van der Waals surface area contributed by atoms with Crippen LogP contribution in [0.25, 0.3) is 0 Å². The SMILES string of the molecule is CC(=O)OCc1ccc(NC(=O)c2ccc(C)c(C)c2)cc1C(F)(F)F. The Morgan fingerprint density at radius 1 is 1.04 bits per heavy atom. The molecule has 0 heterocycles. The first-order valence-electron chi connectivity index (χ1n) is 7.80. The molecule has 4 nitrogen and oxygen atoms in total. The number of esters is 1. The molecule has 0 unspecified atom stereocenters. The Morgan fingerprint density at radius 2 is 1.73 bits per heavy atom. The summed E-state index contributed by atoms with van der Waals surface area (Å²) in [6, 6.07) is 8.40. The molecule has 7 heteroatoms. The smallest absolute Gasteiger partial charge is 0.416 e. The predicted octanol–water partition coefficient (Wildman–Crippen LogP) is 4.64. The highest BCUT2D eigenvalue weighted by molar-refractivity contribution is 6.04. The maximum atomic E-state index is 13.3. The van der Waals surface area contributed by atoms with E-state index in [9.17, 15) is 22.8 Å². The van der Waals surface area contributed by atoms with E-state index < -0.39 is 30.2 Å². The van der Waals surface area contributed by atoms with Crippen LogP contribution < -0.4 is 5.32 Å². The van der Waals surface area contributed by atoms with Crippen molar-refractivity contribution in [3.8, 4) is 0 Å². The monoisotopic (exact) mass is 365 g/mol. The van der Waals surface area contributed by atoms with Gasteiger partial charge in [0.05, 0.1) is 5.56 Å². The number of nitrogens with one attached hydrogen (secondary N) is 1. The predicted molar refractivity (Wildman–Crippen MR) is 90.8 cm³/mol. The van der Waals surface area contributed by atoms with Crippen molar-refractivity contribution in [2.24, 2.45) is 0 Å². The second kappa shape index (κ2) is 7.59. The van der Waals surface area contributed by atoms with Gasteiger partial charge < -0.3 is 10.1 Å². The Kier molecular flexibility index (Phi) is 5.69. The molecule has 2 aromatic rings. The lowest BCUT2D eigenvalue weighted by Gasteiger charge is -2.15. The first kappa shape index (κ1) is 19.5. The van der Waals surface area contributed by atoms with Gasteiger partial charge in [0, 0.05) is 23.7 Å². The molecular formula is C19H18F3NO3. The number of rotatable bonds is 4. The number of ether oxygens (including phenoxy) is 1. The molecule has 138 valence electrons. The third kappa shape index (κ3) is 4.84. The van der Waals surface area contributed by atoms with E-state index in [1.165, 1.54) is 12.1 Å². The highest BCUT2D eigenvalue weighted by Gasteiger charge is 2.34. The van der Waals surface area contributed by atoms with Crippen LogP contribution in [0.1, 0.15) is 39.5 Å². The molecule has 0 bridgehead atoms. The van der Waals surface area contributed by atoms with Crippen molar-refractivity contribution < 1.29 is 27.5 Å². The second-order valence-electron chi connectivity index (χ2n) is 5.90. The number of carbonyl (C=O) groups is 2. The minimum absolute atomic E-state index is 0.00660. The molecule has 0 aliphatic rings. The third-order valence-corrected chi connectivity index (χ3v) is 3.87. The molecule has 2 aromatic carbocycles. The largest absolute Gasteiger partial charge is 0.461 e. The molecule has 1 N–H and O–H groups in total. The number of anilines is 1. The van der Waals surface area contributed by atoms with Gasteiger partial charge in [0.1, 0.15) is 6.61 Å². The zero-order chi connectivity index (χ0) is 19.5. The van der Waals surface area contributed by atoms with Gasteiger partial charge in [0.15, 0.2) is 0 Å². The molecule has 0 aliphatic carbocycles. The average Bonchev–Trinajstić information content (AvgIpc) is 2.55. The number of alkyl halides is 3. The van der Waals surface area contributed by atoms with Gasteiger partial charge in [-0.2, -0.15) is 13.2 Å². The Labute approximate surface area is 149 Å². The van der Waals surface area contributed by atoms with E-state index in [4.69, 9.17) is 0 Å². The van der Waals surface area contributed by atoms with E-state index in [-0.39, 0.29) is 11.3 Å². The summed E-state index contributed by atoms with van der Waals surface area (Å²) in [5.74, 6) is -1.18. The van der Waals surface area contributed by atoms with E-state index in [1.807, 2.05) is 13.8 Å². The molecule has 0 fully saturated rings. The minimum atomic E-state index is -4.64. The number of benzene rings is 2. The first-order valence-corrected chi connectivity index (χ1v) is 7.80. The molecule has 2 rings (SSSR count). The van der Waals surface area contributed by atoms with Crippen LogP contribution >= 0.6 is 0 Å². The lowest BCUT2D eigenvalue weighted by atomic mass is 10.0. The van der Waals surface area contributed by atoms with E-state index >= 15 is 0 Å². The molecule has 0 saturated carbocycles. The van der Waals surface area contributed by atoms with Crippen LogP contribution in [-0.2, 0) is 22.3 Å². The van der Waals surface area contributed by atoms with Crippen LogP contribution in [0.5, 0.6) is 0 Å². The number of hydrogen-bond donors (Lipinski definition) is 1. The van der Waals surface area contributed by atoms with Crippen LogP contribution in [0.3, 0.4) is 0 Å². The van der Waals surface area contributed by atoms with Gasteiger partial charge >= 0.3 is 12.1 Å². The topological polar surface area (TPSA) is 55.4 Å². The maximum absolute atomic E-state index is 13.3. The summed E-state index contributed by atoms with van der Waals surface area (Å²) < 4.78 is 44.4. The Hall–Kier alpha value is -2.83. The van der Waals surface area contributed by atoms with Crippen LogP contribution in [-0.4, -0.2) is 11.9 Å². The molecule has 0 aliphatic heterocycles. The van der Waals surface area contributed by atoms with Crippen molar-refractivity contribution in [2.45, 2.75) is 33.6 Å². The summed E-state index contributed by atoms with van der Waals surface area (Å²) in [6.45, 7) is 4.37. The molecule has 0 spiro atoms. The van der Waals surface area contributed by atoms with Crippen LogP contribution in [0.2, 0.25) is 0 Å². The van der Waals surface area contributed by atoms with Gasteiger partial charge in [-0.05, 0) is 49.2 Å². The third-order valence-electron chi connectivity index (χ3n) is 3.87. The summed E-state index contributed by atoms with van der Waals surface area (Å²) in [5.41, 5.74) is 1.13. The maximum Gasteiger partial charge on any atom is 0.416 e. The quantitative estimate of drug-likeness (QED) is 0.803. The molecule has 0 saturated heterocycles. The van der Waals surface area contributed by atoms with E-state index in [1.54, 1.807) is 18.2 Å². The highest BCUT2D eigenvalue weighted by Crippen LogP contribution is 2.34. The molecule has 1 amide bonds.